The Kier molecular flexibility index (Phi) is 9.73. The third-order valence-corrected chi connectivity index (χ3v) is 5.51. The van der Waals surface area contributed by atoms with Gasteiger partial charge in [-0.25, -0.2) is 4.79 Å². The number of likely N-dealkylation sites (N-methyl/N-ethyl adjacent to an activating group) is 1. The van der Waals surface area contributed by atoms with E-state index in [1.54, 1.807) is 42.5 Å². The van der Waals surface area contributed by atoms with Gasteiger partial charge in [-0.3, -0.25) is 9.59 Å². The Hall–Kier alpha value is -2.36. The van der Waals surface area contributed by atoms with Gasteiger partial charge in [0.1, 0.15) is 0 Å². The van der Waals surface area contributed by atoms with Crippen LogP contribution in [-0.2, 0) is 14.4 Å². The van der Waals surface area contributed by atoms with Gasteiger partial charge in [0.05, 0.1) is 6.04 Å². The zero-order chi connectivity index (χ0) is 24.3. The summed E-state index contributed by atoms with van der Waals surface area (Å²) in [5, 5.41) is 17.1. The van der Waals surface area contributed by atoms with Crippen molar-refractivity contribution in [3.63, 3.8) is 0 Å². The number of hydrogen-bond acceptors (Lipinski definition) is 5. The zero-order valence-electron chi connectivity index (χ0n) is 18.7. The van der Waals surface area contributed by atoms with Crippen molar-refractivity contribution >= 4 is 46.9 Å². The molecule has 0 spiro atoms. The minimum absolute atomic E-state index is 0. The second-order valence-electron chi connectivity index (χ2n) is 7.59. The van der Waals surface area contributed by atoms with Gasteiger partial charge in [0.25, 0.3) is 5.91 Å². The predicted molar refractivity (Wildman–Crippen MR) is 121 cm³/mol. The normalized spacial score (nSPS) is 16.3. The molecule has 34 heavy (non-hydrogen) atoms. The maximum Gasteiger partial charge on any atom is 1.00 e. The summed E-state index contributed by atoms with van der Waals surface area (Å²) in [6, 6.07) is 8.53. The molecule has 2 aromatic rings. The quantitative estimate of drug-likeness (QED) is 0.398. The van der Waals surface area contributed by atoms with Crippen molar-refractivity contribution < 1.29 is 53.8 Å². The molecule has 2 aromatic carbocycles. The van der Waals surface area contributed by atoms with Crippen LogP contribution in [0.15, 0.2) is 54.2 Å². The van der Waals surface area contributed by atoms with Crippen molar-refractivity contribution in [2.24, 2.45) is 0 Å². The number of nitrogens with one attached hydrogen (secondary N) is 2. The molecule has 1 aliphatic heterocycles. The van der Waals surface area contributed by atoms with Gasteiger partial charge in [-0.2, -0.15) is 0 Å². The van der Waals surface area contributed by atoms with Gasteiger partial charge in [0, 0.05) is 41.3 Å². The Balaban J connectivity index is 0.00000408. The Labute approximate surface area is 228 Å². The van der Waals surface area contributed by atoms with E-state index < -0.39 is 42.2 Å². The predicted octanol–water partition coefficient (Wildman–Crippen LogP) is -0.542. The molecule has 0 saturated carbocycles. The summed E-state index contributed by atoms with van der Waals surface area (Å²) in [6.07, 6.45) is 0.853. The molecule has 3 amide bonds. The van der Waals surface area contributed by atoms with Crippen LogP contribution in [0.3, 0.4) is 0 Å². The van der Waals surface area contributed by atoms with Crippen molar-refractivity contribution in [2.75, 3.05) is 7.05 Å². The molecule has 0 bridgehead atoms. The molecular weight excluding hydrogens is 492 g/mol. The molecule has 0 aliphatic carbocycles. The Morgan fingerprint density at radius 1 is 1.09 bits per heavy atom. The standard InChI is InChI=1S/C23H21Cl2N3O5.Na/c1-12-11-28(2)22(32)20(21(12)31)27-23(33)26-18(10-19(29)30)14-5-3-4-13(6-14)15-7-16(24)9-17(25)8-15;/h3-9,11,18,20H,10H2,1-2H3,(H,29,30)(H2,26,27,33);/q;+1/p-1. The first-order valence-electron chi connectivity index (χ1n) is 9.87. The molecule has 1 heterocycles. The zero-order valence-corrected chi connectivity index (χ0v) is 22.2. The molecule has 2 atom stereocenters. The van der Waals surface area contributed by atoms with Gasteiger partial charge >= 0.3 is 35.6 Å². The van der Waals surface area contributed by atoms with Crippen LogP contribution in [0.5, 0.6) is 0 Å². The van der Waals surface area contributed by atoms with E-state index >= 15 is 0 Å². The number of ketones is 1. The summed E-state index contributed by atoms with van der Waals surface area (Å²) in [7, 11) is 1.47. The summed E-state index contributed by atoms with van der Waals surface area (Å²) in [5.74, 6) is -2.53. The molecule has 11 heteroatoms. The molecule has 0 fully saturated rings. The number of carboxylic acids is 1. The second-order valence-corrected chi connectivity index (χ2v) is 8.46. The summed E-state index contributed by atoms with van der Waals surface area (Å²) >= 11 is 12.2. The van der Waals surface area contributed by atoms with Gasteiger partial charge in [-0.15, -0.1) is 0 Å². The number of hydrogen-bond donors (Lipinski definition) is 2. The van der Waals surface area contributed by atoms with Crippen LogP contribution in [0, 0.1) is 0 Å². The Morgan fingerprint density at radius 3 is 2.35 bits per heavy atom. The molecule has 8 nitrogen and oxygen atoms in total. The number of carboxylic acid groups (broad SMARTS) is 1. The Bertz CT molecular complexity index is 1150. The van der Waals surface area contributed by atoms with Gasteiger partial charge in [0.2, 0.25) is 0 Å². The van der Waals surface area contributed by atoms with E-state index in [0.29, 0.717) is 32.3 Å². The first-order valence-corrected chi connectivity index (χ1v) is 10.6. The van der Waals surface area contributed by atoms with Crippen LogP contribution < -0.4 is 45.3 Å². The molecule has 2 N–H and O–H groups in total. The van der Waals surface area contributed by atoms with Gasteiger partial charge in [-0.1, -0.05) is 41.4 Å². The number of carbonyl (C=O) groups is 4. The smallest absolute Gasteiger partial charge is 0.550 e. The largest absolute Gasteiger partial charge is 1.00 e. The number of carbonyl (C=O) groups excluding carboxylic acids is 4. The summed E-state index contributed by atoms with van der Waals surface area (Å²) in [4.78, 5) is 49.8. The van der Waals surface area contributed by atoms with E-state index in [0.717, 1.165) is 0 Å². The van der Waals surface area contributed by atoms with Gasteiger partial charge < -0.3 is 25.4 Å². The Morgan fingerprint density at radius 2 is 1.74 bits per heavy atom. The number of rotatable bonds is 6. The van der Waals surface area contributed by atoms with Gasteiger partial charge in [0.15, 0.2) is 11.8 Å². The topological polar surface area (TPSA) is 119 Å². The number of nitrogens with zero attached hydrogens (tertiary/aromatic N) is 1. The van der Waals surface area contributed by atoms with Crippen LogP contribution >= 0.6 is 23.2 Å². The van der Waals surface area contributed by atoms with E-state index in [1.807, 2.05) is 0 Å². The number of benzene rings is 2. The van der Waals surface area contributed by atoms with E-state index in [9.17, 15) is 24.3 Å². The van der Waals surface area contributed by atoms with Crippen molar-refractivity contribution in [1.29, 1.82) is 0 Å². The average molecular weight is 512 g/mol. The first kappa shape index (κ1) is 27.9. The average Bonchev–Trinajstić information content (AvgIpc) is 2.74. The first-order chi connectivity index (χ1) is 15.5. The minimum Gasteiger partial charge on any atom is -0.550 e. The molecule has 0 aromatic heterocycles. The van der Waals surface area contributed by atoms with Crippen LogP contribution in [0.25, 0.3) is 11.1 Å². The number of aliphatic carboxylic acids is 1. The van der Waals surface area contributed by atoms with Crippen molar-refractivity contribution in [2.45, 2.75) is 25.4 Å². The molecule has 0 saturated heterocycles. The number of Topliss-reactive ketones (excluding diaryl/α,β-unsaturated/α-hetero) is 1. The van der Waals surface area contributed by atoms with Crippen LogP contribution in [0.2, 0.25) is 10.0 Å². The van der Waals surface area contributed by atoms with Crippen LogP contribution in [0.4, 0.5) is 4.79 Å². The fourth-order valence-electron chi connectivity index (χ4n) is 3.49. The van der Waals surface area contributed by atoms with Crippen molar-refractivity contribution in [1.82, 2.24) is 15.5 Å². The van der Waals surface area contributed by atoms with Crippen LogP contribution in [0.1, 0.15) is 24.9 Å². The molecule has 1 aliphatic rings. The second kappa shape index (κ2) is 11.9. The molecule has 172 valence electrons. The molecule has 0 radical (unpaired) electrons. The SMILES string of the molecule is CC1=CN(C)C(=O)C(NC(=O)NC(CC(=O)[O-])c2cccc(-c3cc(Cl)cc(Cl)c3)c2)C1=O.[Na+]. The van der Waals surface area contributed by atoms with Crippen molar-refractivity contribution in [3.8, 4) is 11.1 Å². The fourth-order valence-corrected chi connectivity index (χ4v) is 4.02. The number of halogens is 2. The maximum absolute atomic E-state index is 12.6. The summed E-state index contributed by atoms with van der Waals surface area (Å²) in [5.41, 5.74) is 2.18. The number of amides is 3. The molecule has 3 rings (SSSR count). The van der Waals surface area contributed by atoms with Crippen molar-refractivity contribution in [3.05, 3.63) is 69.8 Å². The third kappa shape index (κ3) is 6.84. The monoisotopic (exact) mass is 511 g/mol. The van der Waals surface area contributed by atoms with E-state index in [1.165, 1.54) is 25.1 Å². The van der Waals surface area contributed by atoms with Crippen LogP contribution in [-0.4, -0.2) is 41.7 Å². The summed E-state index contributed by atoms with van der Waals surface area (Å²) in [6.45, 7) is 1.53. The van der Waals surface area contributed by atoms with E-state index in [4.69, 9.17) is 23.2 Å². The molecular formula is C23H20Cl2N3NaO5. The number of urea groups is 1. The minimum atomic E-state index is -1.40. The van der Waals surface area contributed by atoms with E-state index in [2.05, 4.69) is 10.6 Å². The molecule has 2 unspecified atom stereocenters. The fraction of sp³-hybridized carbons (Fsp3) is 0.217. The third-order valence-electron chi connectivity index (χ3n) is 5.07. The van der Waals surface area contributed by atoms with E-state index in [-0.39, 0.29) is 29.6 Å². The maximum atomic E-state index is 12.6. The van der Waals surface area contributed by atoms with Gasteiger partial charge in [-0.05, 0) is 47.9 Å². The summed E-state index contributed by atoms with van der Waals surface area (Å²) < 4.78 is 0.